The number of benzene rings is 1. The number of hydrogen-bond acceptors (Lipinski definition) is 2. The summed E-state index contributed by atoms with van der Waals surface area (Å²) in [6.07, 6.45) is 4.31. The van der Waals surface area contributed by atoms with Crippen molar-refractivity contribution in [3.05, 3.63) is 33.3 Å². The van der Waals surface area contributed by atoms with Crippen molar-refractivity contribution in [3.63, 3.8) is 0 Å². The maximum Gasteiger partial charge on any atom is 0.227 e. The first-order chi connectivity index (χ1) is 10.5. The van der Waals surface area contributed by atoms with E-state index in [4.69, 9.17) is 28.9 Å². The van der Waals surface area contributed by atoms with Gasteiger partial charge in [-0.15, -0.1) is 12.4 Å². The van der Waals surface area contributed by atoms with Crippen molar-refractivity contribution in [1.82, 2.24) is 4.90 Å². The third-order valence-electron chi connectivity index (χ3n) is 5.83. The van der Waals surface area contributed by atoms with Crippen LogP contribution >= 0.6 is 35.6 Å². The molecule has 3 aliphatic rings. The normalized spacial score (nSPS) is 31.7. The molecule has 2 fully saturated rings. The highest BCUT2D eigenvalue weighted by Crippen LogP contribution is 2.48. The molecule has 0 spiro atoms. The molecule has 0 radical (unpaired) electrons. The van der Waals surface area contributed by atoms with Crippen LogP contribution in [-0.4, -0.2) is 23.4 Å². The average molecular weight is 376 g/mol. The molecule has 126 valence electrons. The fourth-order valence-electron chi connectivity index (χ4n) is 4.68. The largest absolute Gasteiger partial charge is 0.338 e. The number of halogens is 3. The molecule has 23 heavy (non-hydrogen) atoms. The molecular weight excluding hydrogens is 355 g/mol. The molecule has 2 aliphatic carbocycles. The van der Waals surface area contributed by atoms with Gasteiger partial charge in [-0.05, 0) is 60.8 Å². The zero-order chi connectivity index (χ0) is 15.4. The Morgan fingerprint density at radius 2 is 1.96 bits per heavy atom. The van der Waals surface area contributed by atoms with Gasteiger partial charge in [0.1, 0.15) is 0 Å². The van der Waals surface area contributed by atoms with E-state index in [1.54, 1.807) is 6.07 Å². The summed E-state index contributed by atoms with van der Waals surface area (Å²) < 4.78 is 0. The Morgan fingerprint density at radius 3 is 2.65 bits per heavy atom. The first-order valence-electron chi connectivity index (χ1n) is 8.05. The van der Waals surface area contributed by atoms with Crippen LogP contribution in [0.2, 0.25) is 10.0 Å². The molecule has 1 amide bonds. The molecular formula is C17H21Cl3N2O. The SMILES string of the molecule is Cl.NC1C2CCC(C2)C1C(=O)N1CCc2cc(Cl)cc(Cl)c2C1. The maximum atomic E-state index is 13.0. The van der Waals surface area contributed by atoms with E-state index in [0.717, 1.165) is 31.4 Å². The van der Waals surface area contributed by atoms with E-state index in [1.165, 1.54) is 12.0 Å². The number of rotatable bonds is 1. The van der Waals surface area contributed by atoms with Crippen LogP contribution in [0.4, 0.5) is 0 Å². The van der Waals surface area contributed by atoms with Crippen LogP contribution < -0.4 is 5.73 Å². The smallest absolute Gasteiger partial charge is 0.227 e. The number of amides is 1. The molecule has 4 atom stereocenters. The van der Waals surface area contributed by atoms with Crippen LogP contribution in [0.3, 0.4) is 0 Å². The lowest BCUT2D eigenvalue weighted by molar-refractivity contribution is -0.138. The molecule has 1 aromatic rings. The minimum absolute atomic E-state index is 0. The summed E-state index contributed by atoms with van der Waals surface area (Å²) >= 11 is 12.4. The highest BCUT2D eigenvalue weighted by Gasteiger charge is 2.50. The molecule has 4 rings (SSSR count). The van der Waals surface area contributed by atoms with E-state index in [1.807, 2.05) is 11.0 Å². The Labute approximate surface area is 152 Å². The van der Waals surface area contributed by atoms with E-state index in [-0.39, 0.29) is 30.3 Å². The predicted molar refractivity (Wildman–Crippen MR) is 95.1 cm³/mol. The fourth-order valence-corrected chi connectivity index (χ4v) is 5.28. The highest BCUT2D eigenvalue weighted by atomic mass is 35.5. The summed E-state index contributed by atoms with van der Waals surface area (Å²) in [4.78, 5) is 14.9. The summed E-state index contributed by atoms with van der Waals surface area (Å²) in [5.41, 5.74) is 8.53. The van der Waals surface area contributed by atoms with Gasteiger partial charge in [0.25, 0.3) is 0 Å². The predicted octanol–water partition coefficient (Wildman–Crippen LogP) is 3.67. The number of carbonyl (C=O) groups is 1. The van der Waals surface area contributed by atoms with Crippen LogP contribution in [0.5, 0.6) is 0 Å². The van der Waals surface area contributed by atoms with Gasteiger partial charge < -0.3 is 10.6 Å². The van der Waals surface area contributed by atoms with Crippen LogP contribution in [0, 0.1) is 17.8 Å². The zero-order valence-corrected chi connectivity index (χ0v) is 15.1. The summed E-state index contributed by atoms with van der Waals surface area (Å²) in [5.74, 6) is 1.30. The second-order valence-corrected chi connectivity index (χ2v) is 7.82. The Hall–Kier alpha value is -0.480. The van der Waals surface area contributed by atoms with Crippen LogP contribution in [0.1, 0.15) is 30.4 Å². The second-order valence-electron chi connectivity index (χ2n) is 6.97. The average Bonchev–Trinajstić information content (AvgIpc) is 3.07. The molecule has 1 aliphatic heterocycles. The Kier molecular flexibility index (Phi) is 4.85. The summed E-state index contributed by atoms with van der Waals surface area (Å²) in [6.45, 7) is 1.33. The minimum atomic E-state index is 0. The van der Waals surface area contributed by atoms with Crippen LogP contribution in [0.25, 0.3) is 0 Å². The topological polar surface area (TPSA) is 46.3 Å². The van der Waals surface area contributed by atoms with Crippen molar-refractivity contribution >= 4 is 41.5 Å². The van der Waals surface area contributed by atoms with Crippen molar-refractivity contribution in [2.45, 2.75) is 38.3 Å². The first-order valence-corrected chi connectivity index (χ1v) is 8.81. The summed E-state index contributed by atoms with van der Waals surface area (Å²) in [5, 5.41) is 1.33. The number of nitrogens with two attached hydrogens (primary N) is 1. The summed E-state index contributed by atoms with van der Waals surface area (Å²) in [7, 11) is 0. The number of nitrogens with zero attached hydrogens (tertiary/aromatic N) is 1. The molecule has 1 aromatic carbocycles. The molecule has 6 heteroatoms. The molecule has 2 N–H and O–H groups in total. The quantitative estimate of drug-likeness (QED) is 0.814. The van der Waals surface area contributed by atoms with E-state index in [2.05, 4.69) is 0 Å². The highest BCUT2D eigenvalue weighted by molar-refractivity contribution is 6.35. The van der Waals surface area contributed by atoms with Crippen molar-refractivity contribution in [2.75, 3.05) is 6.54 Å². The number of fused-ring (bicyclic) bond motifs is 3. The van der Waals surface area contributed by atoms with Gasteiger partial charge in [0.2, 0.25) is 5.91 Å². The summed E-state index contributed by atoms with van der Waals surface area (Å²) in [6, 6.07) is 3.78. The first kappa shape index (κ1) is 17.3. The molecule has 1 heterocycles. The van der Waals surface area contributed by atoms with Crippen LogP contribution in [-0.2, 0) is 17.8 Å². The molecule has 4 unspecified atom stereocenters. The van der Waals surface area contributed by atoms with Crippen LogP contribution in [0.15, 0.2) is 12.1 Å². The zero-order valence-electron chi connectivity index (χ0n) is 12.8. The lowest BCUT2D eigenvalue weighted by atomic mass is 9.83. The third kappa shape index (κ3) is 2.86. The van der Waals surface area contributed by atoms with Gasteiger partial charge >= 0.3 is 0 Å². The Bertz CT molecular complexity index is 635. The fraction of sp³-hybridized carbons (Fsp3) is 0.588. The van der Waals surface area contributed by atoms with Gasteiger partial charge in [0.05, 0.1) is 5.92 Å². The lowest BCUT2D eigenvalue weighted by Crippen LogP contribution is -2.48. The molecule has 0 saturated heterocycles. The standard InChI is InChI=1S/C17H20Cl2N2O.ClH/c18-12-6-9-3-4-21(8-13(9)14(19)7-12)17(22)15-10-1-2-11(5-10)16(15)20;/h6-7,10-11,15-16H,1-5,8,20H2;1H. The Morgan fingerprint density at radius 1 is 1.22 bits per heavy atom. The third-order valence-corrected chi connectivity index (χ3v) is 6.39. The van der Waals surface area contributed by atoms with E-state index in [0.29, 0.717) is 28.4 Å². The van der Waals surface area contributed by atoms with Crippen molar-refractivity contribution < 1.29 is 4.79 Å². The monoisotopic (exact) mass is 374 g/mol. The molecule has 3 nitrogen and oxygen atoms in total. The molecule has 2 bridgehead atoms. The van der Waals surface area contributed by atoms with Gasteiger partial charge in [-0.25, -0.2) is 0 Å². The number of carbonyl (C=O) groups excluding carboxylic acids is 1. The van der Waals surface area contributed by atoms with Crippen molar-refractivity contribution in [3.8, 4) is 0 Å². The van der Waals surface area contributed by atoms with Crippen molar-refractivity contribution in [1.29, 1.82) is 0 Å². The van der Waals surface area contributed by atoms with Gasteiger partial charge in [-0.1, -0.05) is 23.2 Å². The van der Waals surface area contributed by atoms with E-state index >= 15 is 0 Å². The van der Waals surface area contributed by atoms with Gasteiger partial charge in [0, 0.05) is 29.2 Å². The van der Waals surface area contributed by atoms with E-state index < -0.39 is 0 Å². The minimum Gasteiger partial charge on any atom is -0.338 e. The van der Waals surface area contributed by atoms with Gasteiger partial charge in [0.15, 0.2) is 0 Å². The molecule has 0 aromatic heterocycles. The second kappa shape index (κ2) is 6.44. The van der Waals surface area contributed by atoms with Gasteiger partial charge in [-0.3, -0.25) is 4.79 Å². The van der Waals surface area contributed by atoms with E-state index in [9.17, 15) is 4.79 Å². The maximum absolute atomic E-state index is 13.0. The molecule has 2 saturated carbocycles. The number of hydrogen-bond donors (Lipinski definition) is 1. The lowest BCUT2D eigenvalue weighted by Gasteiger charge is -2.35. The Balaban J connectivity index is 0.00000156. The van der Waals surface area contributed by atoms with Gasteiger partial charge in [-0.2, -0.15) is 0 Å². The van der Waals surface area contributed by atoms with Crippen molar-refractivity contribution in [2.24, 2.45) is 23.5 Å².